The van der Waals surface area contributed by atoms with Gasteiger partial charge in [-0.3, -0.25) is 4.79 Å². The summed E-state index contributed by atoms with van der Waals surface area (Å²) in [5, 5.41) is 15.6. The molecule has 2 aromatic carbocycles. The number of aromatic amines is 1. The first kappa shape index (κ1) is 27.1. The van der Waals surface area contributed by atoms with Gasteiger partial charge in [-0.25, -0.2) is 0 Å². The van der Waals surface area contributed by atoms with Gasteiger partial charge in [-0.05, 0) is 61.6 Å². The first-order chi connectivity index (χ1) is 19.4. The van der Waals surface area contributed by atoms with Gasteiger partial charge >= 0.3 is 0 Å². The van der Waals surface area contributed by atoms with Gasteiger partial charge in [0.15, 0.2) is 0 Å². The zero-order valence-electron chi connectivity index (χ0n) is 22.9. The van der Waals surface area contributed by atoms with Crippen LogP contribution in [0.2, 0.25) is 5.02 Å². The number of halogens is 1. The Morgan fingerprint density at radius 2 is 1.90 bits per heavy atom. The van der Waals surface area contributed by atoms with Crippen molar-refractivity contribution in [2.75, 3.05) is 39.3 Å². The van der Waals surface area contributed by atoms with Crippen molar-refractivity contribution in [1.82, 2.24) is 20.1 Å². The first-order valence-electron chi connectivity index (χ1n) is 14.3. The Bertz CT molecular complexity index is 1470. The Kier molecular flexibility index (Phi) is 8.03. The molecule has 6 rings (SSSR count). The van der Waals surface area contributed by atoms with Crippen LogP contribution in [-0.4, -0.2) is 77.2 Å². The molecule has 9 heteroatoms. The molecule has 0 unspecified atom stereocenters. The number of hydrogen-bond acceptors (Lipinski definition) is 6. The van der Waals surface area contributed by atoms with E-state index in [9.17, 15) is 9.90 Å². The number of nitrogens with one attached hydrogen (secondary N) is 2. The van der Waals surface area contributed by atoms with Crippen LogP contribution in [0.15, 0.2) is 53.1 Å². The van der Waals surface area contributed by atoms with Crippen LogP contribution in [0.4, 0.5) is 0 Å². The molecular formula is C31H37ClN4O4. The molecule has 2 aromatic heterocycles. The third-order valence-electron chi connectivity index (χ3n) is 8.47. The minimum absolute atomic E-state index is 0.0862. The van der Waals surface area contributed by atoms with Gasteiger partial charge in [0.2, 0.25) is 0 Å². The van der Waals surface area contributed by atoms with Gasteiger partial charge in [-0.15, -0.1) is 0 Å². The molecule has 4 heterocycles. The highest BCUT2D eigenvalue weighted by Crippen LogP contribution is 2.30. The third-order valence-corrected chi connectivity index (χ3v) is 8.70. The Morgan fingerprint density at radius 1 is 1.10 bits per heavy atom. The molecular weight excluding hydrogens is 528 g/mol. The molecule has 8 nitrogen and oxygen atoms in total. The Labute approximate surface area is 239 Å². The van der Waals surface area contributed by atoms with Crippen molar-refractivity contribution < 1.29 is 19.1 Å². The lowest BCUT2D eigenvalue weighted by atomic mass is 9.97. The molecule has 1 amide bonds. The Hall–Kier alpha value is -3.04. The van der Waals surface area contributed by atoms with Gasteiger partial charge in [0.05, 0.1) is 12.4 Å². The van der Waals surface area contributed by atoms with Crippen molar-refractivity contribution in [2.24, 2.45) is 5.92 Å². The summed E-state index contributed by atoms with van der Waals surface area (Å²) in [5.41, 5.74) is 3.08. The number of carbonyl (C=O) groups is 1. The monoisotopic (exact) mass is 564 g/mol. The lowest BCUT2D eigenvalue weighted by molar-refractivity contribution is 0.0301. The van der Waals surface area contributed by atoms with Gasteiger partial charge in [-0.1, -0.05) is 24.6 Å². The predicted octanol–water partition coefficient (Wildman–Crippen LogP) is 5.04. The molecule has 40 heavy (non-hydrogen) atoms. The molecule has 0 bridgehead atoms. The number of aromatic nitrogens is 1. The van der Waals surface area contributed by atoms with Crippen LogP contribution < -0.4 is 10.1 Å². The van der Waals surface area contributed by atoms with Crippen LogP contribution in [0.5, 0.6) is 5.75 Å². The smallest absolute Gasteiger partial charge is 0.267 e. The highest BCUT2D eigenvalue weighted by Gasteiger charge is 2.26. The molecule has 0 spiro atoms. The number of hydrogen-bond donors (Lipinski definition) is 3. The van der Waals surface area contributed by atoms with E-state index < -0.39 is 0 Å². The molecule has 2 aliphatic heterocycles. The number of aliphatic hydroxyl groups is 1. The molecule has 2 saturated heterocycles. The number of carbonyl (C=O) groups excluding carboxylic acids is 1. The number of ether oxygens (including phenoxy) is 1. The largest absolute Gasteiger partial charge is 0.488 e. The van der Waals surface area contributed by atoms with Gasteiger partial charge in [0.1, 0.15) is 23.6 Å². The summed E-state index contributed by atoms with van der Waals surface area (Å²) in [5.74, 6) is 0.963. The lowest BCUT2D eigenvalue weighted by Gasteiger charge is -2.37. The first-order valence-corrected chi connectivity index (χ1v) is 14.6. The lowest BCUT2D eigenvalue weighted by Crippen LogP contribution is -2.48. The van der Waals surface area contributed by atoms with Gasteiger partial charge < -0.3 is 34.4 Å². The number of nitrogens with zero attached hydrogens (tertiary/aromatic N) is 2. The zero-order valence-corrected chi connectivity index (χ0v) is 23.6. The van der Waals surface area contributed by atoms with Gasteiger partial charge in [-0.2, -0.15) is 0 Å². The van der Waals surface area contributed by atoms with E-state index in [1.54, 1.807) is 12.3 Å². The summed E-state index contributed by atoms with van der Waals surface area (Å²) in [6.45, 7) is 8.45. The molecule has 3 N–H and O–H groups in total. The fraction of sp³-hybridized carbons (Fsp3) is 0.452. The maximum atomic E-state index is 13.1. The van der Waals surface area contributed by atoms with Gasteiger partial charge in [0.25, 0.3) is 5.91 Å². The fourth-order valence-electron chi connectivity index (χ4n) is 5.97. The van der Waals surface area contributed by atoms with E-state index in [2.05, 4.69) is 27.0 Å². The average Bonchev–Trinajstić information content (AvgIpc) is 3.58. The molecule has 2 aliphatic rings. The van der Waals surface area contributed by atoms with E-state index in [4.69, 9.17) is 20.8 Å². The van der Waals surface area contributed by atoms with Crippen LogP contribution in [0.3, 0.4) is 0 Å². The number of piperidine rings is 2. The summed E-state index contributed by atoms with van der Waals surface area (Å²) in [4.78, 5) is 21.4. The summed E-state index contributed by atoms with van der Waals surface area (Å²) >= 11 is 6.17. The molecule has 0 radical (unpaired) electrons. The molecule has 0 aliphatic carbocycles. The van der Waals surface area contributed by atoms with Crippen LogP contribution >= 0.6 is 11.6 Å². The topological polar surface area (TPSA) is 94.0 Å². The molecule has 212 valence electrons. The van der Waals surface area contributed by atoms with Crippen LogP contribution in [0.1, 0.15) is 42.2 Å². The molecule has 2 atom stereocenters. The van der Waals surface area contributed by atoms with Crippen molar-refractivity contribution in [3.05, 3.63) is 65.0 Å². The molecule has 2 fully saturated rings. The Morgan fingerprint density at radius 3 is 2.73 bits per heavy atom. The van der Waals surface area contributed by atoms with Crippen molar-refractivity contribution in [1.29, 1.82) is 0 Å². The normalized spacial score (nSPS) is 21.3. The van der Waals surface area contributed by atoms with E-state index in [0.717, 1.165) is 86.0 Å². The SMILES string of the molecule is C[C@H]1CN(CCN2CCC(NC(=O)c3cc4c(OCc5coc6ccc(Cl)cc56)cccc4[nH]3)CC2)CC[C@@H]1O. The summed E-state index contributed by atoms with van der Waals surface area (Å²) in [6.07, 6.45) is 4.29. The van der Waals surface area contributed by atoms with Crippen LogP contribution in [0.25, 0.3) is 21.9 Å². The second kappa shape index (κ2) is 11.8. The van der Waals surface area contributed by atoms with Crippen LogP contribution in [-0.2, 0) is 6.61 Å². The zero-order chi connectivity index (χ0) is 27.6. The molecule has 0 saturated carbocycles. The number of aliphatic hydroxyl groups excluding tert-OH is 1. The number of fused-ring (bicyclic) bond motifs is 2. The fourth-order valence-corrected chi connectivity index (χ4v) is 6.14. The highest BCUT2D eigenvalue weighted by atomic mass is 35.5. The standard InChI is InChI=1S/C31H37ClN4O4/c1-20-17-36(12-9-28(20)37)14-13-35-10-7-23(8-11-35)33-31(38)27-16-25-26(34-27)3-2-4-29(25)39-18-21-19-40-30-6-5-22(32)15-24(21)30/h2-6,15-16,19-20,23,28,34,37H,7-14,17-18H2,1H3,(H,33,38)/t20-,28-/m0/s1. The number of amides is 1. The minimum Gasteiger partial charge on any atom is -0.488 e. The number of likely N-dealkylation sites (tertiary alicyclic amines) is 2. The second-order valence-electron chi connectivity index (χ2n) is 11.3. The second-order valence-corrected chi connectivity index (χ2v) is 11.8. The van der Waals surface area contributed by atoms with Crippen molar-refractivity contribution in [3.63, 3.8) is 0 Å². The van der Waals surface area contributed by atoms with E-state index >= 15 is 0 Å². The van der Waals surface area contributed by atoms with E-state index in [1.165, 1.54) is 0 Å². The maximum Gasteiger partial charge on any atom is 0.267 e. The number of rotatable bonds is 8. The average molecular weight is 565 g/mol. The predicted molar refractivity (Wildman–Crippen MR) is 157 cm³/mol. The third kappa shape index (κ3) is 6.00. The van der Waals surface area contributed by atoms with Gasteiger partial charge in [0, 0.05) is 72.2 Å². The van der Waals surface area contributed by atoms with E-state index in [-0.39, 0.29) is 18.1 Å². The quantitative estimate of drug-likeness (QED) is 0.277. The number of furan rings is 1. The van der Waals surface area contributed by atoms with Crippen molar-refractivity contribution >= 4 is 39.4 Å². The summed E-state index contributed by atoms with van der Waals surface area (Å²) < 4.78 is 11.8. The van der Waals surface area contributed by atoms with E-state index in [0.29, 0.717) is 29.0 Å². The van der Waals surface area contributed by atoms with Crippen molar-refractivity contribution in [3.8, 4) is 5.75 Å². The Balaban J connectivity index is 1.02. The number of H-pyrrole nitrogens is 1. The minimum atomic E-state index is -0.157. The summed E-state index contributed by atoms with van der Waals surface area (Å²) in [6, 6.07) is 13.4. The van der Waals surface area contributed by atoms with Crippen LogP contribution in [0, 0.1) is 5.92 Å². The molecule has 4 aromatic rings. The van der Waals surface area contributed by atoms with E-state index in [1.807, 2.05) is 36.4 Å². The number of benzene rings is 2. The van der Waals surface area contributed by atoms with Crippen molar-refractivity contribution in [2.45, 2.75) is 44.9 Å². The highest BCUT2D eigenvalue weighted by molar-refractivity contribution is 6.31. The maximum absolute atomic E-state index is 13.1. The summed E-state index contributed by atoms with van der Waals surface area (Å²) in [7, 11) is 0.